The second-order valence-corrected chi connectivity index (χ2v) is 13.9. The zero-order valence-corrected chi connectivity index (χ0v) is 27.6. The third kappa shape index (κ3) is 4.03. The molecule has 3 aromatic heterocycles. The van der Waals surface area contributed by atoms with E-state index in [0.29, 0.717) is 0 Å². The molecule has 0 N–H and O–H groups in total. The lowest BCUT2D eigenvalue weighted by atomic mass is 9.99. The summed E-state index contributed by atoms with van der Waals surface area (Å²) < 4.78 is 15.3. The van der Waals surface area contributed by atoms with Crippen LogP contribution in [0.15, 0.2) is 173 Å². The van der Waals surface area contributed by atoms with Crippen molar-refractivity contribution in [2.24, 2.45) is 0 Å². The van der Waals surface area contributed by atoms with Crippen LogP contribution in [0.1, 0.15) is 0 Å². The molecule has 0 atom stereocenters. The van der Waals surface area contributed by atoms with Gasteiger partial charge in [0.05, 0.1) is 10.4 Å². The molecular weight excluding hydrogens is 631 g/mol. The maximum absolute atomic E-state index is 6.52. The second-order valence-electron chi connectivity index (χ2n) is 12.9. The molecule has 8 aromatic carbocycles. The number of fused-ring (bicyclic) bond motifs is 12. The molecule has 0 saturated heterocycles. The van der Waals surface area contributed by atoms with E-state index in [1.54, 1.807) is 0 Å². The van der Waals surface area contributed by atoms with E-state index in [-0.39, 0.29) is 0 Å². The van der Waals surface area contributed by atoms with E-state index >= 15 is 0 Å². The van der Waals surface area contributed by atoms with Crippen molar-refractivity contribution in [2.75, 3.05) is 4.90 Å². The zero-order valence-electron chi connectivity index (χ0n) is 26.8. The van der Waals surface area contributed by atoms with E-state index in [1.165, 1.54) is 31.3 Å². The molecule has 0 bridgehead atoms. The summed E-state index contributed by atoms with van der Waals surface area (Å²) in [6.07, 6.45) is 0. The third-order valence-electron chi connectivity index (χ3n) is 10.1. The van der Waals surface area contributed by atoms with Gasteiger partial charge in [-0.1, -0.05) is 91.0 Å². The van der Waals surface area contributed by atoms with Crippen LogP contribution in [0.2, 0.25) is 0 Å². The molecule has 11 rings (SSSR count). The molecular formula is C46H27NO2S. The standard InChI is InChI=1S/C46H27NO2S/c1-2-9-28(10-3-1)29-17-19-30(20-18-29)47(38-14-8-13-35-32-11-5-7-16-43(32)50-46(35)38)31-21-24-40-37(27-31)45-34-23-25-41-44(33(34)22-26-42(45)49-40)36-12-4-6-15-39(36)48-41/h1-27H. The number of anilines is 3. The Labute approximate surface area is 290 Å². The van der Waals surface area contributed by atoms with Gasteiger partial charge in [-0.2, -0.15) is 0 Å². The summed E-state index contributed by atoms with van der Waals surface area (Å²) in [4.78, 5) is 2.40. The molecule has 0 fully saturated rings. The van der Waals surface area contributed by atoms with Gasteiger partial charge < -0.3 is 13.7 Å². The number of nitrogens with zero attached hydrogens (tertiary/aromatic N) is 1. The van der Waals surface area contributed by atoms with Crippen LogP contribution in [0.4, 0.5) is 17.1 Å². The van der Waals surface area contributed by atoms with Crippen molar-refractivity contribution in [1.82, 2.24) is 0 Å². The van der Waals surface area contributed by atoms with E-state index in [0.717, 1.165) is 71.7 Å². The van der Waals surface area contributed by atoms with Crippen molar-refractivity contribution < 1.29 is 8.83 Å². The molecule has 4 heteroatoms. The minimum absolute atomic E-state index is 0.868. The second kappa shape index (κ2) is 10.6. The Balaban J connectivity index is 1.17. The summed E-state index contributed by atoms with van der Waals surface area (Å²) in [6.45, 7) is 0. The van der Waals surface area contributed by atoms with Crippen LogP contribution in [0.5, 0.6) is 0 Å². The van der Waals surface area contributed by atoms with Crippen molar-refractivity contribution >= 4 is 103 Å². The predicted molar refractivity (Wildman–Crippen MR) is 212 cm³/mol. The molecule has 0 aliphatic rings. The van der Waals surface area contributed by atoms with Gasteiger partial charge in [0, 0.05) is 48.4 Å². The quantitative estimate of drug-likeness (QED) is 0.189. The van der Waals surface area contributed by atoms with E-state index in [1.807, 2.05) is 23.5 Å². The van der Waals surface area contributed by atoms with Gasteiger partial charge in [0.2, 0.25) is 0 Å². The first kappa shape index (κ1) is 27.6. The van der Waals surface area contributed by atoms with Crippen LogP contribution in [-0.2, 0) is 0 Å². The Kier molecular flexibility index (Phi) is 5.83. The van der Waals surface area contributed by atoms with Crippen LogP contribution < -0.4 is 4.90 Å². The lowest BCUT2D eigenvalue weighted by Gasteiger charge is -2.26. The highest BCUT2D eigenvalue weighted by molar-refractivity contribution is 7.26. The maximum atomic E-state index is 6.52. The molecule has 0 saturated carbocycles. The smallest absolute Gasteiger partial charge is 0.136 e. The topological polar surface area (TPSA) is 29.5 Å². The van der Waals surface area contributed by atoms with Gasteiger partial charge in [-0.05, 0) is 94.7 Å². The number of hydrogen-bond donors (Lipinski definition) is 0. The first-order chi connectivity index (χ1) is 24.8. The van der Waals surface area contributed by atoms with Crippen molar-refractivity contribution in [1.29, 1.82) is 0 Å². The summed E-state index contributed by atoms with van der Waals surface area (Å²) >= 11 is 1.85. The van der Waals surface area contributed by atoms with Crippen LogP contribution in [0, 0.1) is 0 Å². The number of thiophene rings is 1. The van der Waals surface area contributed by atoms with Gasteiger partial charge in [-0.3, -0.25) is 0 Å². The SMILES string of the molecule is c1ccc(-c2ccc(N(c3ccc4oc5ccc6c(ccc7oc8ccccc8c76)c5c4c3)c3cccc4c3sc3ccccc34)cc2)cc1. The van der Waals surface area contributed by atoms with E-state index in [2.05, 4.69) is 157 Å². The molecule has 0 aliphatic heterocycles. The average Bonchev–Trinajstić information content (AvgIpc) is 3.87. The monoisotopic (exact) mass is 657 g/mol. The van der Waals surface area contributed by atoms with Gasteiger partial charge in [0.1, 0.15) is 22.3 Å². The molecule has 0 unspecified atom stereocenters. The molecule has 0 spiro atoms. The van der Waals surface area contributed by atoms with Crippen LogP contribution in [0.25, 0.3) is 85.9 Å². The number of hydrogen-bond acceptors (Lipinski definition) is 4. The van der Waals surface area contributed by atoms with Gasteiger partial charge in [0.15, 0.2) is 0 Å². The van der Waals surface area contributed by atoms with Crippen molar-refractivity contribution in [2.45, 2.75) is 0 Å². The molecule has 3 heterocycles. The first-order valence-electron chi connectivity index (χ1n) is 16.8. The fourth-order valence-corrected chi connectivity index (χ4v) is 9.01. The number of furan rings is 2. The van der Waals surface area contributed by atoms with Crippen molar-refractivity contribution in [3.05, 3.63) is 164 Å². The van der Waals surface area contributed by atoms with Crippen molar-refractivity contribution in [3.8, 4) is 11.1 Å². The molecule has 0 aliphatic carbocycles. The molecule has 3 nitrogen and oxygen atoms in total. The molecule has 234 valence electrons. The Hall–Kier alpha value is -6.36. The van der Waals surface area contributed by atoms with Crippen LogP contribution >= 0.6 is 11.3 Å². The predicted octanol–water partition coefficient (Wildman–Crippen LogP) is 14.1. The fraction of sp³-hybridized carbons (Fsp3) is 0. The zero-order chi connectivity index (χ0) is 32.8. The fourth-order valence-electron chi connectivity index (χ4n) is 7.80. The summed E-state index contributed by atoms with van der Waals surface area (Å²) in [6, 6.07) is 58.3. The van der Waals surface area contributed by atoms with Crippen LogP contribution in [0.3, 0.4) is 0 Å². The molecule has 50 heavy (non-hydrogen) atoms. The van der Waals surface area contributed by atoms with Gasteiger partial charge in [0.25, 0.3) is 0 Å². The normalized spacial score (nSPS) is 12.0. The largest absolute Gasteiger partial charge is 0.456 e. The Morgan fingerprint density at radius 1 is 0.380 bits per heavy atom. The highest BCUT2D eigenvalue weighted by Crippen LogP contribution is 2.47. The minimum Gasteiger partial charge on any atom is -0.456 e. The van der Waals surface area contributed by atoms with E-state index in [9.17, 15) is 0 Å². The molecule has 0 amide bonds. The molecule has 0 radical (unpaired) electrons. The number of rotatable bonds is 4. The number of para-hydroxylation sites is 1. The first-order valence-corrected chi connectivity index (χ1v) is 17.7. The summed E-state index contributed by atoms with van der Waals surface area (Å²) in [7, 11) is 0. The Morgan fingerprint density at radius 3 is 1.78 bits per heavy atom. The lowest BCUT2D eigenvalue weighted by Crippen LogP contribution is -2.10. The summed E-state index contributed by atoms with van der Waals surface area (Å²) in [5.41, 5.74) is 9.26. The summed E-state index contributed by atoms with van der Waals surface area (Å²) in [5, 5.41) is 9.35. The number of benzene rings is 8. The van der Waals surface area contributed by atoms with Crippen LogP contribution in [-0.4, -0.2) is 0 Å². The average molecular weight is 658 g/mol. The minimum atomic E-state index is 0.868. The summed E-state index contributed by atoms with van der Waals surface area (Å²) in [5.74, 6) is 0. The van der Waals surface area contributed by atoms with Gasteiger partial charge in [-0.25, -0.2) is 0 Å². The highest BCUT2D eigenvalue weighted by atomic mass is 32.1. The molecule has 11 aromatic rings. The van der Waals surface area contributed by atoms with E-state index < -0.39 is 0 Å². The Morgan fingerprint density at radius 2 is 0.980 bits per heavy atom. The van der Waals surface area contributed by atoms with Gasteiger partial charge >= 0.3 is 0 Å². The lowest BCUT2D eigenvalue weighted by molar-refractivity contribution is 0.668. The van der Waals surface area contributed by atoms with Gasteiger partial charge in [-0.15, -0.1) is 11.3 Å². The maximum Gasteiger partial charge on any atom is 0.136 e. The van der Waals surface area contributed by atoms with E-state index in [4.69, 9.17) is 8.83 Å². The Bertz CT molecular complexity index is 3090. The third-order valence-corrected chi connectivity index (χ3v) is 11.3. The highest BCUT2D eigenvalue weighted by Gasteiger charge is 2.21. The van der Waals surface area contributed by atoms with Crippen molar-refractivity contribution in [3.63, 3.8) is 0 Å².